The van der Waals surface area contributed by atoms with Gasteiger partial charge in [0.05, 0.1) is 0 Å². The van der Waals surface area contributed by atoms with Crippen LogP contribution in [0.4, 0.5) is 14.5 Å². The average molecular weight is 446 g/mol. The molecule has 3 aromatic carbocycles. The lowest BCUT2D eigenvalue weighted by Crippen LogP contribution is -2.30. The molecule has 0 spiro atoms. The molecule has 0 saturated carbocycles. The Bertz CT molecular complexity index is 1070. The van der Waals surface area contributed by atoms with Gasteiger partial charge < -0.3 is 14.8 Å². The molecule has 1 amide bonds. The maximum atomic E-state index is 13.7. The monoisotopic (exact) mass is 445 g/mol. The molecule has 1 unspecified atom stereocenters. The van der Waals surface area contributed by atoms with E-state index in [4.69, 9.17) is 21.1 Å². The zero-order chi connectivity index (χ0) is 22.4. The van der Waals surface area contributed by atoms with Crippen molar-refractivity contribution in [1.29, 1.82) is 0 Å². The minimum Gasteiger partial charge on any atom is -0.488 e. The van der Waals surface area contributed by atoms with Gasteiger partial charge in [-0.15, -0.1) is 0 Å². The van der Waals surface area contributed by atoms with Crippen LogP contribution in [0.15, 0.2) is 66.7 Å². The highest BCUT2D eigenvalue weighted by Gasteiger charge is 2.23. The van der Waals surface area contributed by atoms with Crippen molar-refractivity contribution in [1.82, 2.24) is 0 Å². The second-order valence-electron chi connectivity index (χ2n) is 6.54. The molecule has 0 bridgehead atoms. The standard InChI is InChI=1S/C23H18ClF2NO4/c1-14(22(28)27-21-18(25)6-4-7-19(21)26)31-23(29)17-5-2-3-8-20(17)30-13-15-9-11-16(24)12-10-15/h2-12,14H,13H2,1H3,(H,27,28). The number of carbonyl (C=O) groups is 2. The predicted octanol–water partition coefficient (Wildman–Crippen LogP) is 5.38. The van der Waals surface area contributed by atoms with Crippen LogP contribution in [0.3, 0.4) is 0 Å². The van der Waals surface area contributed by atoms with Gasteiger partial charge in [0, 0.05) is 5.02 Å². The summed E-state index contributed by atoms with van der Waals surface area (Å²) < 4.78 is 38.3. The molecule has 3 rings (SSSR count). The van der Waals surface area contributed by atoms with Gasteiger partial charge in [-0.25, -0.2) is 13.6 Å². The number of rotatable bonds is 7. The number of anilines is 1. The van der Waals surface area contributed by atoms with Gasteiger partial charge in [0.2, 0.25) is 0 Å². The Morgan fingerprint density at radius 3 is 2.29 bits per heavy atom. The molecule has 0 aromatic heterocycles. The summed E-state index contributed by atoms with van der Waals surface area (Å²) >= 11 is 5.86. The maximum Gasteiger partial charge on any atom is 0.342 e. The third kappa shape index (κ3) is 5.79. The molecule has 160 valence electrons. The van der Waals surface area contributed by atoms with Gasteiger partial charge in [-0.2, -0.15) is 0 Å². The summed E-state index contributed by atoms with van der Waals surface area (Å²) in [5, 5.41) is 2.69. The van der Waals surface area contributed by atoms with Gasteiger partial charge in [-0.05, 0) is 48.9 Å². The summed E-state index contributed by atoms with van der Waals surface area (Å²) in [5.41, 5.74) is 0.336. The number of hydrogen-bond acceptors (Lipinski definition) is 4. The SMILES string of the molecule is CC(OC(=O)c1ccccc1OCc1ccc(Cl)cc1)C(=O)Nc1c(F)cccc1F. The molecule has 0 aliphatic carbocycles. The van der Waals surface area contributed by atoms with Crippen molar-refractivity contribution >= 4 is 29.2 Å². The number of esters is 1. The first-order chi connectivity index (χ1) is 14.8. The number of ether oxygens (including phenoxy) is 2. The van der Waals surface area contributed by atoms with Crippen LogP contribution in [0, 0.1) is 11.6 Å². The van der Waals surface area contributed by atoms with E-state index in [1.165, 1.54) is 19.1 Å². The van der Waals surface area contributed by atoms with E-state index in [1.807, 2.05) is 0 Å². The maximum absolute atomic E-state index is 13.7. The third-order valence-electron chi connectivity index (χ3n) is 4.28. The molecule has 0 radical (unpaired) electrons. The minimum atomic E-state index is -1.31. The van der Waals surface area contributed by atoms with Crippen molar-refractivity contribution in [3.8, 4) is 5.75 Å². The van der Waals surface area contributed by atoms with Crippen molar-refractivity contribution in [2.24, 2.45) is 0 Å². The molecular formula is C23H18ClF2NO4. The highest BCUT2D eigenvalue weighted by atomic mass is 35.5. The van der Waals surface area contributed by atoms with E-state index in [0.29, 0.717) is 5.02 Å². The van der Waals surface area contributed by atoms with Crippen LogP contribution in [0.1, 0.15) is 22.8 Å². The van der Waals surface area contributed by atoms with Crippen molar-refractivity contribution < 1.29 is 27.8 Å². The summed E-state index contributed by atoms with van der Waals surface area (Å²) in [6.45, 7) is 1.48. The largest absolute Gasteiger partial charge is 0.488 e. The summed E-state index contributed by atoms with van der Waals surface area (Å²) in [7, 11) is 0. The Labute approximate surface area is 182 Å². The van der Waals surface area contributed by atoms with Crippen LogP contribution in [0.25, 0.3) is 0 Å². The van der Waals surface area contributed by atoms with E-state index in [1.54, 1.807) is 42.5 Å². The van der Waals surface area contributed by atoms with Gasteiger partial charge >= 0.3 is 5.97 Å². The fraction of sp³-hybridized carbons (Fsp3) is 0.130. The molecule has 3 aromatic rings. The highest BCUT2D eigenvalue weighted by Crippen LogP contribution is 2.22. The van der Waals surface area contributed by atoms with Crippen molar-refractivity contribution in [2.45, 2.75) is 19.6 Å². The Morgan fingerprint density at radius 1 is 0.968 bits per heavy atom. The van der Waals surface area contributed by atoms with Crippen LogP contribution in [0.2, 0.25) is 5.02 Å². The fourth-order valence-electron chi connectivity index (χ4n) is 2.62. The van der Waals surface area contributed by atoms with Gasteiger partial charge in [0.15, 0.2) is 6.10 Å². The minimum absolute atomic E-state index is 0.105. The third-order valence-corrected chi connectivity index (χ3v) is 4.53. The van der Waals surface area contributed by atoms with Crippen LogP contribution >= 0.6 is 11.6 Å². The topological polar surface area (TPSA) is 64.6 Å². The molecule has 8 heteroatoms. The molecule has 0 aliphatic heterocycles. The first-order valence-electron chi connectivity index (χ1n) is 9.27. The zero-order valence-electron chi connectivity index (χ0n) is 16.4. The Balaban J connectivity index is 1.65. The van der Waals surface area contributed by atoms with E-state index in [9.17, 15) is 18.4 Å². The summed E-state index contributed by atoms with van der Waals surface area (Å²) in [5.74, 6) is -3.31. The first-order valence-corrected chi connectivity index (χ1v) is 9.65. The van der Waals surface area contributed by atoms with Gasteiger partial charge in [0.25, 0.3) is 5.91 Å². The molecule has 0 saturated heterocycles. The lowest BCUT2D eigenvalue weighted by atomic mass is 10.2. The molecular weight excluding hydrogens is 428 g/mol. The van der Waals surface area contributed by atoms with Crippen LogP contribution in [-0.4, -0.2) is 18.0 Å². The molecule has 1 N–H and O–H groups in total. The van der Waals surface area contributed by atoms with E-state index in [2.05, 4.69) is 5.32 Å². The van der Waals surface area contributed by atoms with Gasteiger partial charge in [-0.3, -0.25) is 4.79 Å². The summed E-state index contributed by atoms with van der Waals surface area (Å²) in [6.07, 6.45) is -1.31. The molecule has 5 nitrogen and oxygen atoms in total. The number of carbonyl (C=O) groups excluding carboxylic acids is 2. The molecule has 0 heterocycles. The number of benzene rings is 3. The van der Waals surface area contributed by atoms with E-state index in [0.717, 1.165) is 17.7 Å². The van der Waals surface area contributed by atoms with Gasteiger partial charge in [0.1, 0.15) is 35.2 Å². The second-order valence-corrected chi connectivity index (χ2v) is 6.98. The average Bonchev–Trinajstić information content (AvgIpc) is 2.76. The lowest BCUT2D eigenvalue weighted by molar-refractivity contribution is -0.123. The van der Waals surface area contributed by atoms with Crippen molar-refractivity contribution in [3.63, 3.8) is 0 Å². The van der Waals surface area contributed by atoms with Gasteiger partial charge in [-0.1, -0.05) is 41.9 Å². The Morgan fingerprint density at radius 2 is 1.61 bits per heavy atom. The van der Waals surface area contributed by atoms with E-state index in [-0.39, 0.29) is 17.9 Å². The number of para-hydroxylation sites is 2. The normalized spacial score (nSPS) is 11.5. The number of nitrogens with one attached hydrogen (secondary N) is 1. The number of halogens is 3. The first kappa shape index (κ1) is 22.2. The molecule has 0 aliphatic rings. The quantitative estimate of drug-likeness (QED) is 0.496. The molecule has 31 heavy (non-hydrogen) atoms. The number of amides is 1. The molecule has 0 fully saturated rings. The lowest BCUT2D eigenvalue weighted by Gasteiger charge is -2.16. The highest BCUT2D eigenvalue weighted by molar-refractivity contribution is 6.30. The fourth-order valence-corrected chi connectivity index (χ4v) is 2.75. The summed E-state index contributed by atoms with van der Waals surface area (Å²) in [4.78, 5) is 24.8. The van der Waals surface area contributed by atoms with Crippen molar-refractivity contribution in [2.75, 3.05) is 5.32 Å². The Hall–Kier alpha value is -3.45. The smallest absolute Gasteiger partial charge is 0.342 e. The predicted molar refractivity (Wildman–Crippen MR) is 112 cm³/mol. The van der Waals surface area contributed by atoms with Crippen molar-refractivity contribution in [3.05, 3.63) is 94.5 Å². The second kappa shape index (κ2) is 10.0. The van der Waals surface area contributed by atoms with E-state index >= 15 is 0 Å². The van der Waals surface area contributed by atoms with Crippen LogP contribution in [-0.2, 0) is 16.1 Å². The Kier molecular flexibility index (Phi) is 7.20. The number of hydrogen-bond donors (Lipinski definition) is 1. The van der Waals surface area contributed by atoms with Crippen LogP contribution in [0.5, 0.6) is 5.75 Å². The molecule has 1 atom stereocenters. The van der Waals surface area contributed by atoms with Crippen LogP contribution < -0.4 is 10.1 Å². The van der Waals surface area contributed by atoms with E-state index < -0.39 is 35.3 Å². The zero-order valence-corrected chi connectivity index (χ0v) is 17.2. The summed E-state index contributed by atoms with van der Waals surface area (Å²) in [6, 6.07) is 16.6.